The molecular formula is C19H20N2O2. The molecule has 2 aromatic carbocycles. The number of hydrogen-bond acceptors (Lipinski definition) is 3. The molecule has 0 radical (unpaired) electrons. The van der Waals surface area contributed by atoms with E-state index in [-0.39, 0.29) is 0 Å². The van der Waals surface area contributed by atoms with Crippen LogP contribution in [0.15, 0.2) is 47.5 Å². The van der Waals surface area contributed by atoms with E-state index in [1.54, 1.807) is 25.3 Å². The average molecular weight is 308 g/mol. The Balaban J connectivity index is 1.77. The molecule has 23 heavy (non-hydrogen) atoms. The SMILES string of the molecule is Cc1c(N=Cc2ccc(N3CCCC3)cc2)cccc1C(=O)O. The number of carboxylic acid groups (broad SMARTS) is 1. The molecule has 0 spiro atoms. The van der Waals surface area contributed by atoms with E-state index in [2.05, 4.69) is 22.0 Å². The van der Waals surface area contributed by atoms with Crippen LogP contribution >= 0.6 is 0 Å². The van der Waals surface area contributed by atoms with Gasteiger partial charge in [-0.2, -0.15) is 0 Å². The first kappa shape index (κ1) is 15.3. The molecule has 0 aromatic heterocycles. The molecule has 3 rings (SSSR count). The second-order valence-corrected chi connectivity index (χ2v) is 5.80. The Morgan fingerprint density at radius 1 is 1.13 bits per heavy atom. The van der Waals surface area contributed by atoms with Crippen molar-refractivity contribution in [3.63, 3.8) is 0 Å². The first-order chi connectivity index (χ1) is 11.1. The molecule has 1 aliphatic heterocycles. The smallest absolute Gasteiger partial charge is 0.336 e. The summed E-state index contributed by atoms with van der Waals surface area (Å²) < 4.78 is 0. The van der Waals surface area contributed by atoms with E-state index in [0.29, 0.717) is 16.8 Å². The largest absolute Gasteiger partial charge is 0.478 e. The topological polar surface area (TPSA) is 52.9 Å². The standard InChI is InChI=1S/C19H20N2O2/c1-14-17(19(22)23)5-4-6-18(14)20-13-15-7-9-16(10-8-15)21-11-2-3-12-21/h4-10,13H,2-3,11-12H2,1H3,(H,22,23). The molecule has 1 saturated heterocycles. The molecule has 1 N–H and O–H groups in total. The Hall–Kier alpha value is -2.62. The fourth-order valence-electron chi connectivity index (χ4n) is 2.89. The number of carboxylic acids is 1. The number of carbonyl (C=O) groups is 1. The van der Waals surface area contributed by atoms with Crippen LogP contribution < -0.4 is 4.90 Å². The number of aromatic carboxylic acids is 1. The third-order valence-corrected chi connectivity index (χ3v) is 4.25. The third-order valence-electron chi connectivity index (χ3n) is 4.25. The highest BCUT2D eigenvalue weighted by Gasteiger charge is 2.11. The summed E-state index contributed by atoms with van der Waals surface area (Å²) in [6.07, 6.45) is 4.31. The molecule has 118 valence electrons. The lowest BCUT2D eigenvalue weighted by atomic mass is 10.1. The molecule has 2 aromatic rings. The molecular weight excluding hydrogens is 288 g/mol. The molecule has 0 bridgehead atoms. The monoisotopic (exact) mass is 308 g/mol. The molecule has 0 saturated carbocycles. The van der Waals surface area contributed by atoms with Crippen LogP contribution in [0.5, 0.6) is 0 Å². The first-order valence-electron chi connectivity index (χ1n) is 7.87. The molecule has 4 heteroatoms. The Morgan fingerprint density at radius 2 is 1.83 bits per heavy atom. The van der Waals surface area contributed by atoms with E-state index >= 15 is 0 Å². The predicted molar refractivity (Wildman–Crippen MR) is 93.3 cm³/mol. The normalized spacial score (nSPS) is 14.6. The molecule has 0 amide bonds. The van der Waals surface area contributed by atoms with E-state index in [9.17, 15) is 4.79 Å². The molecule has 0 unspecified atom stereocenters. The van der Waals surface area contributed by atoms with Crippen molar-refractivity contribution in [3.05, 3.63) is 59.2 Å². The summed E-state index contributed by atoms with van der Waals surface area (Å²) in [7, 11) is 0. The van der Waals surface area contributed by atoms with Crippen LogP contribution in [0.1, 0.15) is 34.3 Å². The van der Waals surface area contributed by atoms with Crippen LogP contribution in [0.25, 0.3) is 0 Å². The lowest BCUT2D eigenvalue weighted by Crippen LogP contribution is -2.17. The van der Waals surface area contributed by atoms with Crippen LogP contribution in [0.2, 0.25) is 0 Å². The highest BCUT2D eigenvalue weighted by Crippen LogP contribution is 2.23. The highest BCUT2D eigenvalue weighted by atomic mass is 16.4. The summed E-state index contributed by atoms with van der Waals surface area (Å²) in [5, 5.41) is 9.15. The summed E-state index contributed by atoms with van der Waals surface area (Å²) in [4.78, 5) is 18.0. The molecule has 0 aliphatic carbocycles. The van der Waals surface area contributed by atoms with Gasteiger partial charge in [-0.25, -0.2) is 4.79 Å². The Labute approximate surface area is 136 Å². The van der Waals surface area contributed by atoms with E-state index in [0.717, 1.165) is 18.7 Å². The van der Waals surface area contributed by atoms with Crippen molar-refractivity contribution in [3.8, 4) is 0 Å². The van der Waals surface area contributed by atoms with Gasteiger partial charge in [0.1, 0.15) is 0 Å². The maximum Gasteiger partial charge on any atom is 0.336 e. The summed E-state index contributed by atoms with van der Waals surface area (Å²) >= 11 is 0. The van der Waals surface area contributed by atoms with Gasteiger partial charge in [0, 0.05) is 25.0 Å². The second-order valence-electron chi connectivity index (χ2n) is 5.80. The van der Waals surface area contributed by atoms with Gasteiger partial charge in [0.15, 0.2) is 0 Å². The van der Waals surface area contributed by atoms with Crippen molar-refractivity contribution in [2.45, 2.75) is 19.8 Å². The lowest BCUT2D eigenvalue weighted by molar-refractivity contribution is 0.0696. The predicted octanol–water partition coefficient (Wildman–Crippen LogP) is 4.04. The number of rotatable bonds is 4. The van der Waals surface area contributed by atoms with Crippen molar-refractivity contribution in [1.29, 1.82) is 0 Å². The molecule has 1 heterocycles. The van der Waals surface area contributed by atoms with Crippen LogP contribution in [-0.4, -0.2) is 30.4 Å². The Bertz CT molecular complexity index is 730. The van der Waals surface area contributed by atoms with Crippen molar-refractivity contribution in [1.82, 2.24) is 0 Å². The van der Waals surface area contributed by atoms with Crippen molar-refractivity contribution >= 4 is 23.6 Å². The molecule has 1 aliphatic rings. The van der Waals surface area contributed by atoms with Gasteiger partial charge in [-0.3, -0.25) is 4.99 Å². The molecule has 1 fully saturated rings. The third kappa shape index (κ3) is 3.42. The van der Waals surface area contributed by atoms with Gasteiger partial charge in [-0.1, -0.05) is 18.2 Å². The van der Waals surface area contributed by atoms with Crippen LogP contribution in [0, 0.1) is 6.92 Å². The number of benzene rings is 2. The fraction of sp³-hybridized carbons (Fsp3) is 0.263. The van der Waals surface area contributed by atoms with Gasteiger partial charge in [-0.15, -0.1) is 0 Å². The number of hydrogen-bond donors (Lipinski definition) is 1. The number of nitrogens with zero attached hydrogens (tertiary/aromatic N) is 2. The Kier molecular flexibility index (Phi) is 4.42. The van der Waals surface area contributed by atoms with Gasteiger partial charge < -0.3 is 10.0 Å². The summed E-state index contributed by atoms with van der Waals surface area (Å²) in [6.45, 7) is 4.05. The lowest BCUT2D eigenvalue weighted by Gasteiger charge is -2.17. The van der Waals surface area contributed by atoms with Crippen LogP contribution in [-0.2, 0) is 0 Å². The van der Waals surface area contributed by atoms with E-state index in [1.165, 1.54) is 18.5 Å². The zero-order valence-corrected chi connectivity index (χ0v) is 13.2. The summed E-state index contributed by atoms with van der Waals surface area (Å²) in [5.41, 5.74) is 3.93. The van der Waals surface area contributed by atoms with Crippen molar-refractivity contribution < 1.29 is 9.90 Å². The van der Waals surface area contributed by atoms with E-state index in [1.807, 2.05) is 18.2 Å². The first-order valence-corrected chi connectivity index (χ1v) is 7.87. The number of aliphatic imine (C=N–C) groups is 1. The van der Waals surface area contributed by atoms with Gasteiger partial charge >= 0.3 is 5.97 Å². The van der Waals surface area contributed by atoms with Crippen LogP contribution in [0.4, 0.5) is 11.4 Å². The van der Waals surface area contributed by atoms with E-state index < -0.39 is 5.97 Å². The van der Waals surface area contributed by atoms with Crippen molar-refractivity contribution in [2.75, 3.05) is 18.0 Å². The van der Waals surface area contributed by atoms with Crippen molar-refractivity contribution in [2.24, 2.45) is 4.99 Å². The highest BCUT2D eigenvalue weighted by molar-refractivity contribution is 5.91. The van der Waals surface area contributed by atoms with Gasteiger partial charge in [0.05, 0.1) is 11.3 Å². The Morgan fingerprint density at radius 3 is 2.48 bits per heavy atom. The van der Waals surface area contributed by atoms with Crippen LogP contribution in [0.3, 0.4) is 0 Å². The minimum Gasteiger partial charge on any atom is -0.478 e. The minimum absolute atomic E-state index is 0.295. The summed E-state index contributed by atoms with van der Waals surface area (Å²) in [5.74, 6) is -0.922. The number of anilines is 1. The van der Waals surface area contributed by atoms with E-state index in [4.69, 9.17) is 5.11 Å². The summed E-state index contributed by atoms with van der Waals surface area (Å²) in [6, 6.07) is 13.5. The minimum atomic E-state index is -0.922. The maximum atomic E-state index is 11.2. The molecule has 4 nitrogen and oxygen atoms in total. The molecule has 0 atom stereocenters. The van der Waals surface area contributed by atoms with Gasteiger partial charge in [-0.05, 0) is 55.2 Å². The quantitative estimate of drug-likeness (QED) is 0.867. The average Bonchev–Trinajstić information content (AvgIpc) is 3.08. The zero-order valence-electron chi connectivity index (χ0n) is 13.2. The zero-order chi connectivity index (χ0) is 16.2. The fourth-order valence-corrected chi connectivity index (χ4v) is 2.89. The second kappa shape index (κ2) is 6.65. The maximum absolute atomic E-state index is 11.2. The van der Waals surface area contributed by atoms with Gasteiger partial charge in [0.2, 0.25) is 0 Å². The van der Waals surface area contributed by atoms with Gasteiger partial charge in [0.25, 0.3) is 0 Å².